The largest absolute Gasteiger partial charge is 0.394 e. The first-order valence-corrected chi connectivity index (χ1v) is 5.01. The first kappa shape index (κ1) is 13.4. The molecule has 0 aliphatic carbocycles. The smallest absolute Gasteiger partial charge is 0.252 e. The van der Waals surface area contributed by atoms with E-state index in [0.717, 1.165) is 0 Å². The quantitative estimate of drug-likeness (QED) is 0.667. The Morgan fingerprint density at radius 2 is 2.14 bits per heavy atom. The summed E-state index contributed by atoms with van der Waals surface area (Å²) >= 11 is 0. The molecule has 14 heavy (non-hydrogen) atoms. The van der Waals surface area contributed by atoms with E-state index in [1.165, 1.54) is 7.11 Å². The summed E-state index contributed by atoms with van der Waals surface area (Å²) in [5, 5.41) is 11.7. The lowest BCUT2D eigenvalue weighted by Gasteiger charge is -2.27. The summed E-state index contributed by atoms with van der Waals surface area (Å²) in [5.74, 6) is -0.164. The Morgan fingerprint density at radius 1 is 1.57 bits per heavy atom. The molecule has 0 aromatic carbocycles. The molecule has 2 atom stereocenters. The Hall–Kier alpha value is -0.610. The van der Waals surface area contributed by atoms with Crippen molar-refractivity contribution in [3.63, 3.8) is 0 Å². The maximum absolute atomic E-state index is 11.7. The number of hydrogen-bond donors (Lipinski definition) is 2. The van der Waals surface area contributed by atoms with Crippen LogP contribution in [0.5, 0.6) is 0 Å². The zero-order valence-electron chi connectivity index (χ0n) is 9.46. The van der Waals surface area contributed by atoms with Crippen LogP contribution >= 0.6 is 0 Å². The van der Waals surface area contributed by atoms with E-state index < -0.39 is 5.60 Å². The second-order valence-electron chi connectivity index (χ2n) is 3.55. The van der Waals surface area contributed by atoms with Gasteiger partial charge in [0.15, 0.2) is 0 Å². The molecule has 84 valence electrons. The van der Waals surface area contributed by atoms with Crippen LogP contribution in [0.25, 0.3) is 0 Å². The number of aliphatic hydroxyl groups is 1. The monoisotopic (exact) mass is 203 g/mol. The molecular formula is C10H21NO3. The topological polar surface area (TPSA) is 58.6 Å². The molecule has 1 unspecified atom stereocenters. The molecule has 0 heterocycles. The maximum Gasteiger partial charge on any atom is 0.252 e. The molecule has 0 aliphatic rings. The number of carbonyl (C=O) groups is 1. The summed E-state index contributed by atoms with van der Waals surface area (Å²) < 4.78 is 5.14. The SMILES string of the molecule is CC[C@@H](CO)NC(=O)C(C)(CC)OC. The summed E-state index contributed by atoms with van der Waals surface area (Å²) in [6.07, 6.45) is 1.32. The summed E-state index contributed by atoms with van der Waals surface area (Å²) in [6.45, 7) is 5.51. The number of carbonyl (C=O) groups excluding carboxylic acids is 1. The Labute approximate surface area is 85.6 Å². The molecule has 0 aliphatic heterocycles. The van der Waals surface area contributed by atoms with Gasteiger partial charge >= 0.3 is 0 Å². The standard InChI is InChI=1S/C10H21NO3/c1-5-8(7-12)11-9(13)10(3,6-2)14-4/h8,12H,5-7H2,1-4H3,(H,11,13)/t8-,10?/m0/s1. The molecule has 0 spiro atoms. The van der Waals surface area contributed by atoms with Crippen molar-refractivity contribution in [2.24, 2.45) is 0 Å². The van der Waals surface area contributed by atoms with E-state index in [0.29, 0.717) is 12.8 Å². The molecule has 0 bridgehead atoms. The summed E-state index contributed by atoms with van der Waals surface area (Å²) in [7, 11) is 1.52. The highest BCUT2D eigenvalue weighted by Gasteiger charge is 2.31. The van der Waals surface area contributed by atoms with E-state index in [4.69, 9.17) is 9.84 Å². The lowest BCUT2D eigenvalue weighted by molar-refractivity contribution is -0.142. The average Bonchev–Trinajstić information content (AvgIpc) is 2.24. The molecule has 0 rings (SSSR count). The van der Waals surface area contributed by atoms with Crippen LogP contribution in [0.15, 0.2) is 0 Å². The van der Waals surface area contributed by atoms with E-state index in [-0.39, 0.29) is 18.6 Å². The van der Waals surface area contributed by atoms with Crippen molar-refractivity contribution in [1.82, 2.24) is 5.32 Å². The Kier molecular flexibility index (Phi) is 5.72. The summed E-state index contributed by atoms with van der Waals surface area (Å²) in [4.78, 5) is 11.7. The van der Waals surface area contributed by atoms with Crippen molar-refractivity contribution in [2.45, 2.75) is 45.3 Å². The second-order valence-corrected chi connectivity index (χ2v) is 3.55. The van der Waals surface area contributed by atoms with Gasteiger partial charge in [-0.25, -0.2) is 0 Å². The molecule has 0 radical (unpaired) electrons. The molecule has 0 aromatic rings. The van der Waals surface area contributed by atoms with Crippen LogP contribution in [0.1, 0.15) is 33.6 Å². The van der Waals surface area contributed by atoms with Gasteiger partial charge in [-0.05, 0) is 19.8 Å². The molecule has 0 saturated heterocycles. The van der Waals surface area contributed by atoms with Crippen molar-refractivity contribution in [2.75, 3.05) is 13.7 Å². The van der Waals surface area contributed by atoms with E-state index >= 15 is 0 Å². The third-order valence-corrected chi connectivity index (χ3v) is 2.65. The van der Waals surface area contributed by atoms with Gasteiger partial charge in [-0.15, -0.1) is 0 Å². The molecule has 0 saturated carbocycles. The molecule has 1 amide bonds. The van der Waals surface area contributed by atoms with Crippen LogP contribution in [0.2, 0.25) is 0 Å². The first-order chi connectivity index (χ1) is 6.53. The fraction of sp³-hybridized carbons (Fsp3) is 0.900. The molecular weight excluding hydrogens is 182 g/mol. The summed E-state index contributed by atoms with van der Waals surface area (Å²) in [6, 6.07) is -0.177. The fourth-order valence-electron chi connectivity index (χ4n) is 1.01. The van der Waals surface area contributed by atoms with Crippen molar-refractivity contribution in [3.8, 4) is 0 Å². The van der Waals surface area contributed by atoms with Crippen LogP contribution in [-0.2, 0) is 9.53 Å². The minimum Gasteiger partial charge on any atom is -0.394 e. The fourth-order valence-corrected chi connectivity index (χ4v) is 1.01. The Morgan fingerprint density at radius 3 is 2.43 bits per heavy atom. The van der Waals surface area contributed by atoms with Gasteiger partial charge in [-0.2, -0.15) is 0 Å². The molecule has 4 heteroatoms. The normalized spacial score (nSPS) is 17.2. The lowest BCUT2D eigenvalue weighted by Crippen LogP contribution is -2.50. The minimum absolute atomic E-state index is 0.0360. The van der Waals surface area contributed by atoms with Gasteiger partial charge in [0.1, 0.15) is 5.60 Å². The maximum atomic E-state index is 11.7. The lowest BCUT2D eigenvalue weighted by atomic mass is 10.0. The number of ether oxygens (including phenoxy) is 1. The van der Waals surface area contributed by atoms with Crippen molar-refractivity contribution < 1.29 is 14.6 Å². The average molecular weight is 203 g/mol. The van der Waals surface area contributed by atoms with Crippen LogP contribution in [0.3, 0.4) is 0 Å². The van der Waals surface area contributed by atoms with Crippen LogP contribution in [-0.4, -0.2) is 36.4 Å². The number of hydrogen-bond acceptors (Lipinski definition) is 3. The highest BCUT2D eigenvalue weighted by atomic mass is 16.5. The number of methoxy groups -OCH3 is 1. The van der Waals surface area contributed by atoms with Crippen molar-refractivity contribution in [3.05, 3.63) is 0 Å². The van der Waals surface area contributed by atoms with Gasteiger partial charge in [0, 0.05) is 7.11 Å². The van der Waals surface area contributed by atoms with E-state index in [1.807, 2.05) is 13.8 Å². The zero-order chi connectivity index (χ0) is 11.2. The third kappa shape index (κ3) is 3.27. The highest BCUT2D eigenvalue weighted by Crippen LogP contribution is 2.14. The molecule has 0 aromatic heterocycles. The number of aliphatic hydroxyl groups excluding tert-OH is 1. The Balaban J connectivity index is 4.30. The van der Waals surface area contributed by atoms with Crippen LogP contribution < -0.4 is 5.32 Å². The zero-order valence-corrected chi connectivity index (χ0v) is 9.46. The predicted octanol–water partition coefficient (Wildman–Crippen LogP) is 0.689. The van der Waals surface area contributed by atoms with Gasteiger partial charge in [-0.3, -0.25) is 4.79 Å². The van der Waals surface area contributed by atoms with Crippen LogP contribution in [0, 0.1) is 0 Å². The highest BCUT2D eigenvalue weighted by molar-refractivity contribution is 5.84. The predicted molar refractivity (Wildman–Crippen MR) is 55.0 cm³/mol. The molecule has 0 fully saturated rings. The second kappa shape index (κ2) is 5.98. The number of rotatable bonds is 6. The third-order valence-electron chi connectivity index (χ3n) is 2.65. The first-order valence-electron chi connectivity index (χ1n) is 5.01. The van der Waals surface area contributed by atoms with Crippen LogP contribution in [0.4, 0.5) is 0 Å². The number of nitrogens with one attached hydrogen (secondary N) is 1. The van der Waals surface area contributed by atoms with Gasteiger partial charge in [-0.1, -0.05) is 13.8 Å². The minimum atomic E-state index is -0.789. The van der Waals surface area contributed by atoms with Gasteiger partial charge in [0.25, 0.3) is 5.91 Å². The van der Waals surface area contributed by atoms with E-state index in [9.17, 15) is 4.79 Å². The van der Waals surface area contributed by atoms with Gasteiger partial charge in [0.05, 0.1) is 12.6 Å². The van der Waals surface area contributed by atoms with Crippen molar-refractivity contribution in [1.29, 1.82) is 0 Å². The number of amides is 1. The van der Waals surface area contributed by atoms with E-state index in [2.05, 4.69) is 5.32 Å². The Bertz CT molecular complexity index is 174. The van der Waals surface area contributed by atoms with Gasteiger partial charge in [0.2, 0.25) is 0 Å². The summed E-state index contributed by atoms with van der Waals surface area (Å²) in [5.41, 5.74) is -0.789. The van der Waals surface area contributed by atoms with E-state index in [1.54, 1.807) is 6.92 Å². The van der Waals surface area contributed by atoms with Crippen molar-refractivity contribution >= 4 is 5.91 Å². The molecule has 2 N–H and O–H groups in total. The molecule has 4 nitrogen and oxygen atoms in total. The van der Waals surface area contributed by atoms with Gasteiger partial charge < -0.3 is 15.2 Å².